The number of benzene rings is 2. The van der Waals surface area contributed by atoms with Crippen molar-refractivity contribution in [2.75, 3.05) is 0 Å². The smallest absolute Gasteiger partial charge is 0.272 e. The molecule has 4 nitrogen and oxygen atoms in total. The van der Waals surface area contributed by atoms with Gasteiger partial charge in [0.25, 0.3) is 5.56 Å². The second-order valence-electron chi connectivity index (χ2n) is 6.15. The average molecular weight is 407 g/mol. The molecule has 7 heteroatoms. The first-order valence-corrected chi connectivity index (χ1v) is 10.3. The fourth-order valence-corrected chi connectivity index (χ4v) is 4.54. The highest BCUT2D eigenvalue weighted by Gasteiger charge is 2.13. The molecule has 0 atom stereocenters. The maximum Gasteiger partial charge on any atom is 0.272 e. The summed E-state index contributed by atoms with van der Waals surface area (Å²) in [5.74, 6) is 0.274. The third kappa shape index (κ3) is 3.84. The molecular formula is C21H14FN3OS2. The lowest BCUT2D eigenvalue weighted by molar-refractivity contribution is 0.623. The number of rotatable bonds is 5. The van der Waals surface area contributed by atoms with Gasteiger partial charge < -0.3 is 0 Å². The van der Waals surface area contributed by atoms with Crippen LogP contribution in [0.4, 0.5) is 4.39 Å². The largest absolute Gasteiger partial charge is 0.282 e. The normalized spacial score (nSPS) is 10.9. The number of thioether (sulfide) groups is 1. The SMILES string of the molecule is N#Cc1cccc(CSc2nc3ccsc3c(=O)n2Cc2ccc(F)cc2)c1. The van der Waals surface area contributed by atoms with Gasteiger partial charge >= 0.3 is 0 Å². The summed E-state index contributed by atoms with van der Waals surface area (Å²) in [7, 11) is 0. The number of fused-ring (bicyclic) bond motifs is 1. The number of thiophene rings is 1. The van der Waals surface area contributed by atoms with Gasteiger partial charge in [-0.05, 0) is 46.8 Å². The maximum atomic E-state index is 13.2. The average Bonchev–Trinajstić information content (AvgIpc) is 3.19. The molecule has 4 rings (SSSR count). The summed E-state index contributed by atoms with van der Waals surface area (Å²) in [6, 6.07) is 17.5. The van der Waals surface area contributed by atoms with E-state index >= 15 is 0 Å². The standard InChI is InChI=1S/C21H14FN3OS2/c22-17-6-4-14(5-7-17)12-25-20(26)19-18(8-9-27-19)24-21(25)28-13-16-3-1-2-15(10-16)11-23/h1-10H,12-13H2. The molecule has 4 aromatic rings. The van der Waals surface area contributed by atoms with Crippen molar-refractivity contribution >= 4 is 33.3 Å². The third-order valence-electron chi connectivity index (χ3n) is 4.21. The quantitative estimate of drug-likeness (QED) is 0.352. The summed E-state index contributed by atoms with van der Waals surface area (Å²) < 4.78 is 15.5. The molecule has 28 heavy (non-hydrogen) atoms. The van der Waals surface area contributed by atoms with Crippen LogP contribution in [-0.4, -0.2) is 9.55 Å². The Morgan fingerprint density at radius 1 is 1.14 bits per heavy atom. The molecule has 0 bridgehead atoms. The highest BCUT2D eigenvalue weighted by molar-refractivity contribution is 7.98. The van der Waals surface area contributed by atoms with Gasteiger partial charge in [-0.15, -0.1) is 11.3 Å². The van der Waals surface area contributed by atoms with Crippen LogP contribution >= 0.6 is 23.1 Å². The summed E-state index contributed by atoms with van der Waals surface area (Å²) >= 11 is 2.82. The molecule has 2 aromatic heterocycles. The zero-order chi connectivity index (χ0) is 19.5. The van der Waals surface area contributed by atoms with Gasteiger partial charge in [0.2, 0.25) is 0 Å². The first kappa shape index (κ1) is 18.4. The summed E-state index contributed by atoms with van der Waals surface area (Å²) in [4.78, 5) is 17.7. The van der Waals surface area contributed by atoms with Crippen molar-refractivity contribution < 1.29 is 4.39 Å². The molecule has 0 saturated heterocycles. The Morgan fingerprint density at radius 3 is 2.75 bits per heavy atom. The van der Waals surface area contributed by atoms with E-state index in [4.69, 9.17) is 5.26 Å². The monoisotopic (exact) mass is 407 g/mol. The second kappa shape index (κ2) is 7.97. The van der Waals surface area contributed by atoms with Crippen LogP contribution in [0.15, 0.2) is 69.9 Å². The Morgan fingerprint density at radius 2 is 1.96 bits per heavy atom. The first-order valence-electron chi connectivity index (χ1n) is 8.48. The van der Waals surface area contributed by atoms with Gasteiger partial charge in [-0.2, -0.15) is 5.26 Å². The van der Waals surface area contributed by atoms with Crippen LogP contribution in [0, 0.1) is 17.1 Å². The Bertz CT molecular complexity index is 1240. The van der Waals surface area contributed by atoms with E-state index in [1.54, 1.807) is 22.8 Å². The number of nitriles is 1. The van der Waals surface area contributed by atoms with Crippen molar-refractivity contribution in [1.82, 2.24) is 9.55 Å². The van der Waals surface area contributed by atoms with E-state index in [2.05, 4.69) is 11.1 Å². The molecule has 0 fully saturated rings. The van der Waals surface area contributed by atoms with Crippen molar-refractivity contribution in [3.05, 3.63) is 92.8 Å². The van der Waals surface area contributed by atoms with Crippen LogP contribution in [-0.2, 0) is 12.3 Å². The summed E-state index contributed by atoms with van der Waals surface area (Å²) in [6.45, 7) is 0.320. The molecule has 2 heterocycles. The van der Waals surface area contributed by atoms with E-state index in [0.717, 1.165) is 11.1 Å². The molecule has 0 N–H and O–H groups in total. The van der Waals surface area contributed by atoms with Crippen molar-refractivity contribution in [3.63, 3.8) is 0 Å². The minimum Gasteiger partial charge on any atom is -0.282 e. The van der Waals surface area contributed by atoms with Crippen LogP contribution < -0.4 is 5.56 Å². The molecular weight excluding hydrogens is 393 g/mol. The maximum absolute atomic E-state index is 13.2. The van der Waals surface area contributed by atoms with E-state index in [1.165, 1.54) is 35.2 Å². The zero-order valence-corrected chi connectivity index (χ0v) is 16.3. The van der Waals surface area contributed by atoms with Gasteiger partial charge in [0, 0.05) is 5.75 Å². The van der Waals surface area contributed by atoms with Gasteiger partial charge in [-0.25, -0.2) is 9.37 Å². The number of halogens is 1. The van der Waals surface area contributed by atoms with E-state index in [0.29, 0.717) is 33.2 Å². The van der Waals surface area contributed by atoms with Crippen molar-refractivity contribution in [3.8, 4) is 6.07 Å². The van der Waals surface area contributed by atoms with E-state index in [1.807, 2.05) is 29.6 Å². The lowest BCUT2D eigenvalue weighted by Gasteiger charge is -2.12. The topological polar surface area (TPSA) is 58.7 Å². The third-order valence-corrected chi connectivity index (χ3v) is 6.15. The summed E-state index contributed by atoms with van der Waals surface area (Å²) in [5, 5.41) is 11.5. The van der Waals surface area contributed by atoms with Crippen LogP contribution in [0.2, 0.25) is 0 Å². The van der Waals surface area contributed by atoms with Crippen molar-refractivity contribution in [1.29, 1.82) is 5.26 Å². The van der Waals surface area contributed by atoms with Gasteiger partial charge in [-0.3, -0.25) is 9.36 Å². The number of hydrogen-bond acceptors (Lipinski definition) is 5. The zero-order valence-electron chi connectivity index (χ0n) is 14.6. The molecule has 0 amide bonds. The Balaban J connectivity index is 1.70. The minimum atomic E-state index is -0.310. The number of hydrogen-bond donors (Lipinski definition) is 0. The Labute approximate surface area is 168 Å². The van der Waals surface area contributed by atoms with Crippen molar-refractivity contribution in [2.45, 2.75) is 17.5 Å². The van der Waals surface area contributed by atoms with Crippen LogP contribution in [0.5, 0.6) is 0 Å². The van der Waals surface area contributed by atoms with Gasteiger partial charge in [0.1, 0.15) is 10.5 Å². The van der Waals surface area contributed by atoms with Gasteiger partial charge in [0.15, 0.2) is 5.16 Å². The highest BCUT2D eigenvalue weighted by atomic mass is 32.2. The summed E-state index contributed by atoms with van der Waals surface area (Å²) in [6.07, 6.45) is 0. The molecule has 0 saturated carbocycles. The fraction of sp³-hybridized carbons (Fsp3) is 0.0952. The molecule has 0 aliphatic heterocycles. The molecule has 0 aliphatic carbocycles. The number of aromatic nitrogens is 2. The Hall–Kier alpha value is -2.95. The molecule has 138 valence electrons. The van der Waals surface area contributed by atoms with Gasteiger partial charge in [0.05, 0.1) is 23.7 Å². The molecule has 0 unspecified atom stereocenters. The number of nitrogens with zero attached hydrogens (tertiary/aromatic N) is 3. The van der Waals surface area contributed by atoms with Crippen molar-refractivity contribution in [2.24, 2.45) is 0 Å². The molecule has 0 aliphatic rings. The van der Waals surface area contributed by atoms with E-state index < -0.39 is 0 Å². The molecule has 0 spiro atoms. The van der Waals surface area contributed by atoms with E-state index in [9.17, 15) is 9.18 Å². The van der Waals surface area contributed by atoms with Gasteiger partial charge in [-0.1, -0.05) is 36.0 Å². The first-order chi connectivity index (χ1) is 13.6. The predicted molar refractivity (Wildman–Crippen MR) is 110 cm³/mol. The highest BCUT2D eigenvalue weighted by Crippen LogP contribution is 2.25. The second-order valence-corrected chi connectivity index (χ2v) is 8.01. The van der Waals surface area contributed by atoms with Crippen LogP contribution in [0.25, 0.3) is 10.2 Å². The lowest BCUT2D eigenvalue weighted by Crippen LogP contribution is -2.23. The van der Waals surface area contributed by atoms with Crippen LogP contribution in [0.3, 0.4) is 0 Å². The molecule has 0 radical (unpaired) electrons. The predicted octanol–water partition coefficient (Wildman–Crippen LogP) is 4.81. The fourth-order valence-electron chi connectivity index (χ4n) is 2.82. The van der Waals surface area contributed by atoms with Crippen LogP contribution in [0.1, 0.15) is 16.7 Å². The molecule has 2 aromatic carbocycles. The van der Waals surface area contributed by atoms with E-state index in [-0.39, 0.29) is 11.4 Å². The lowest BCUT2D eigenvalue weighted by atomic mass is 10.2. The minimum absolute atomic E-state index is 0.0994. The Kier molecular flexibility index (Phi) is 5.24. The summed E-state index contributed by atoms with van der Waals surface area (Å²) in [5.41, 5.74) is 2.99.